The van der Waals surface area contributed by atoms with Crippen molar-refractivity contribution in [1.29, 1.82) is 0 Å². The van der Waals surface area contributed by atoms with Gasteiger partial charge in [-0.1, -0.05) is 0 Å². The van der Waals surface area contributed by atoms with Crippen LogP contribution < -0.4 is 0 Å². The summed E-state index contributed by atoms with van der Waals surface area (Å²) < 4.78 is 6.21. The van der Waals surface area contributed by atoms with Crippen LogP contribution in [0.2, 0.25) is 0 Å². The van der Waals surface area contributed by atoms with E-state index in [1.807, 2.05) is 11.8 Å². The number of thiazole rings is 1. The van der Waals surface area contributed by atoms with E-state index in [1.54, 1.807) is 23.6 Å². The number of amides is 1. The number of likely N-dealkylation sites (tertiary alicyclic amines) is 1. The topological polar surface area (TPSA) is 68.2 Å². The van der Waals surface area contributed by atoms with Gasteiger partial charge in [0.05, 0.1) is 24.1 Å². The summed E-state index contributed by atoms with van der Waals surface area (Å²) in [6.45, 7) is 3.42. The molecule has 1 amide bonds. The fourth-order valence-electron chi connectivity index (χ4n) is 3.39. The van der Waals surface area contributed by atoms with Gasteiger partial charge < -0.3 is 9.64 Å². The van der Waals surface area contributed by atoms with Gasteiger partial charge in [0, 0.05) is 24.2 Å². The second kappa shape index (κ2) is 5.98. The molecule has 0 N–H and O–H groups in total. The van der Waals surface area contributed by atoms with Gasteiger partial charge in [0.1, 0.15) is 11.1 Å². The van der Waals surface area contributed by atoms with Gasteiger partial charge in [-0.2, -0.15) is 10.2 Å². The van der Waals surface area contributed by atoms with E-state index in [0.29, 0.717) is 18.0 Å². The number of hydrogen-bond donors (Lipinski definition) is 0. The number of carbonyl (C=O) groups is 1. The second-order valence-corrected chi connectivity index (χ2v) is 7.05. The number of nitrogens with zero attached hydrogens (tertiary/aromatic N) is 4. The minimum atomic E-state index is 0.00972. The SMILES string of the molecule is Cc1csc([C@@H]2C[C@@H]3CCN(C(=O)c4ccnnc4)C[C@H]3O2)n1. The van der Waals surface area contributed by atoms with E-state index >= 15 is 0 Å². The second-order valence-electron chi connectivity index (χ2n) is 6.16. The summed E-state index contributed by atoms with van der Waals surface area (Å²) in [5.41, 5.74) is 1.63. The monoisotopic (exact) mass is 330 g/mol. The van der Waals surface area contributed by atoms with Crippen molar-refractivity contribution < 1.29 is 9.53 Å². The summed E-state index contributed by atoms with van der Waals surface area (Å²) in [6, 6.07) is 1.71. The van der Waals surface area contributed by atoms with Crippen LogP contribution in [0.3, 0.4) is 0 Å². The van der Waals surface area contributed by atoms with Crippen LogP contribution in [0.5, 0.6) is 0 Å². The zero-order valence-corrected chi connectivity index (χ0v) is 13.7. The first kappa shape index (κ1) is 14.7. The molecular weight excluding hydrogens is 312 g/mol. The van der Waals surface area contributed by atoms with Crippen LogP contribution in [0.4, 0.5) is 0 Å². The van der Waals surface area contributed by atoms with Crippen molar-refractivity contribution in [1.82, 2.24) is 20.1 Å². The minimum Gasteiger partial charge on any atom is -0.366 e. The third-order valence-corrected chi connectivity index (χ3v) is 5.64. The van der Waals surface area contributed by atoms with Crippen LogP contribution in [0, 0.1) is 12.8 Å². The third-order valence-electron chi connectivity index (χ3n) is 4.58. The molecule has 23 heavy (non-hydrogen) atoms. The number of aromatic nitrogens is 3. The van der Waals surface area contributed by atoms with Crippen LogP contribution in [0.1, 0.15) is 40.0 Å². The highest BCUT2D eigenvalue weighted by Crippen LogP contribution is 2.41. The quantitative estimate of drug-likeness (QED) is 0.845. The molecule has 2 aromatic heterocycles. The Morgan fingerprint density at radius 1 is 1.43 bits per heavy atom. The maximum Gasteiger partial charge on any atom is 0.255 e. The molecule has 2 fully saturated rings. The van der Waals surface area contributed by atoms with Crippen molar-refractivity contribution in [3.05, 3.63) is 40.1 Å². The van der Waals surface area contributed by atoms with Gasteiger partial charge >= 0.3 is 0 Å². The number of hydrogen-bond acceptors (Lipinski definition) is 6. The van der Waals surface area contributed by atoms with Crippen LogP contribution in [-0.2, 0) is 4.74 Å². The fraction of sp³-hybridized carbons (Fsp3) is 0.500. The first-order chi connectivity index (χ1) is 11.2. The molecule has 2 aliphatic heterocycles. The van der Waals surface area contributed by atoms with Crippen molar-refractivity contribution >= 4 is 17.2 Å². The Morgan fingerprint density at radius 2 is 2.35 bits per heavy atom. The van der Waals surface area contributed by atoms with E-state index in [9.17, 15) is 4.79 Å². The number of piperidine rings is 1. The maximum absolute atomic E-state index is 12.5. The smallest absolute Gasteiger partial charge is 0.255 e. The molecule has 0 bridgehead atoms. The molecule has 2 saturated heterocycles. The number of fused-ring (bicyclic) bond motifs is 1. The first-order valence-corrected chi connectivity index (χ1v) is 8.72. The van der Waals surface area contributed by atoms with Crippen LogP contribution in [-0.4, -0.2) is 45.2 Å². The van der Waals surface area contributed by atoms with E-state index in [4.69, 9.17) is 4.74 Å². The molecule has 7 heteroatoms. The molecule has 2 aromatic rings. The number of ether oxygens (including phenoxy) is 1. The molecule has 2 aliphatic rings. The van der Waals surface area contributed by atoms with E-state index in [2.05, 4.69) is 20.6 Å². The summed E-state index contributed by atoms with van der Waals surface area (Å²) in [7, 11) is 0. The summed E-state index contributed by atoms with van der Waals surface area (Å²) in [5.74, 6) is 0.527. The predicted octanol–water partition coefficient (Wildman–Crippen LogP) is 2.23. The third kappa shape index (κ3) is 2.86. The van der Waals surface area contributed by atoms with Gasteiger partial charge in [0.25, 0.3) is 5.91 Å². The lowest BCUT2D eigenvalue weighted by molar-refractivity contribution is -0.00452. The molecule has 120 valence electrons. The van der Waals surface area contributed by atoms with Crippen molar-refractivity contribution in [3.63, 3.8) is 0 Å². The normalized spacial score (nSPS) is 27.0. The molecule has 0 spiro atoms. The molecular formula is C16H18N4O2S. The van der Waals surface area contributed by atoms with Gasteiger partial charge in [-0.15, -0.1) is 11.3 Å². The average molecular weight is 330 g/mol. The van der Waals surface area contributed by atoms with Crippen molar-refractivity contribution in [2.75, 3.05) is 13.1 Å². The van der Waals surface area contributed by atoms with Gasteiger partial charge in [0.15, 0.2) is 0 Å². The largest absolute Gasteiger partial charge is 0.366 e. The fourth-order valence-corrected chi connectivity index (χ4v) is 4.24. The molecule has 4 rings (SSSR count). The van der Waals surface area contributed by atoms with E-state index < -0.39 is 0 Å². The molecule has 0 aromatic carbocycles. The zero-order valence-electron chi connectivity index (χ0n) is 12.9. The Hall–Kier alpha value is -1.86. The molecule has 0 radical (unpaired) electrons. The van der Waals surface area contributed by atoms with Crippen LogP contribution in [0.25, 0.3) is 0 Å². The lowest BCUT2D eigenvalue weighted by atomic mass is 9.91. The molecule has 0 saturated carbocycles. The van der Waals surface area contributed by atoms with Crippen molar-refractivity contribution in [2.45, 2.75) is 32.0 Å². The first-order valence-electron chi connectivity index (χ1n) is 7.84. The average Bonchev–Trinajstić information content (AvgIpc) is 3.20. The molecule has 6 nitrogen and oxygen atoms in total. The standard InChI is InChI=1S/C16H18N4O2S/c1-10-9-23-15(19-10)13-6-11-3-5-20(8-14(11)22-13)16(21)12-2-4-17-18-7-12/h2,4,7,9,11,13-14H,3,5-6,8H2,1H3/t11-,13-,14+/m0/s1. The van der Waals surface area contributed by atoms with E-state index in [1.165, 1.54) is 6.20 Å². The Morgan fingerprint density at radius 3 is 3.09 bits per heavy atom. The highest BCUT2D eigenvalue weighted by atomic mass is 32.1. The van der Waals surface area contributed by atoms with E-state index in [-0.39, 0.29) is 18.1 Å². The molecule has 3 atom stereocenters. The van der Waals surface area contributed by atoms with Gasteiger partial charge in [0.2, 0.25) is 0 Å². The van der Waals surface area contributed by atoms with Crippen LogP contribution >= 0.6 is 11.3 Å². The predicted molar refractivity (Wildman–Crippen MR) is 85.1 cm³/mol. The number of rotatable bonds is 2. The van der Waals surface area contributed by atoms with Gasteiger partial charge in [-0.25, -0.2) is 4.98 Å². The lowest BCUT2D eigenvalue weighted by Crippen LogP contribution is -2.45. The lowest BCUT2D eigenvalue weighted by Gasteiger charge is -2.34. The minimum absolute atomic E-state index is 0.00972. The van der Waals surface area contributed by atoms with E-state index in [0.717, 1.165) is 30.1 Å². The Labute approximate surface area is 138 Å². The summed E-state index contributed by atoms with van der Waals surface area (Å²) >= 11 is 1.66. The van der Waals surface area contributed by atoms with Crippen LogP contribution in [0.15, 0.2) is 23.8 Å². The maximum atomic E-state index is 12.5. The Bertz CT molecular complexity index is 705. The molecule has 4 heterocycles. The van der Waals surface area contributed by atoms with Crippen molar-refractivity contribution in [3.8, 4) is 0 Å². The number of carbonyl (C=O) groups excluding carboxylic acids is 1. The Balaban J connectivity index is 1.44. The van der Waals surface area contributed by atoms with Crippen molar-refractivity contribution in [2.24, 2.45) is 5.92 Å². The zero-order chi connectivity index (χ0) is 15.8. The number of aryl methyl sites for hydroxylation is 1. The summed E-state index contributed by atoms with van der Waals surface area (Å²) in [6.07, 6.45) is 5.25. The highest BCUT2D eigenvalue weighted by Gasteiger charge is 2.41. The highest BCUT2D eigenvalue weighted by molar-refractivity contribution is 7.09. The Kier molecular flexibility index (Phi) is 3.82. The molecule has 0 aliphatic carbocycles. The van der Waals surface area contributed by atoms with Gasteiger partial charge in [-0.3, -0.25) is 4.79 Å². The molecule has 0 unspecified atom stereocenters. The summed E-state index contributed by atoms with van der Waals surface area (Å²) in [5, 5.41) is 10.6. The summed E-state index contributed by atoms with van der Waals surface area (Å²) in [4.78, 5) is 19.0. The van der Waals surface area contributed by atoms with Gasteiger partial charge in [-0.05, 0) is 31.7 Å².